The highest BCUT2D eigenvalue weighted by Gasteiger charge is 2.14. The molecule has 4 aromatic rings. The number of nitrogens with one attached hydrogen (secondary N) is 2. The summed E-state index contributed by atoms with van der Waals surface area (Å²) in [6.45, 7) is 7.74. The zero-order chi connectivity index (χ0) is 23.5. The molecule has 1 saturated heterocycles. The summed E-state index contributed by atoms with van der Waals surface area (Å²) in [5, 5.41) is 10.8. The zero-order valence-electron chi connectivity index (χ0n) is 19.1. The van der Waals surface area contributed by atoms with Gasteiger partial charge in [0, 0.05) is 48.8 Å². The Labute approximate surface area is 198 Å². The maximum absolute atomic E-state index is 11.7. The molecule has 0 bridgehead atoms. The zero-order valence-corrected chi connectivity index (χ0v) is 19.1. The Hall–Kier alpha value is -4.17. The molecule has 3 heterocycles. The first-order valence-corrected chi connectivity index (χ1v) is 11.3. The van der Waals surface area contributed by atoms with Crippen molar-refractivity contribution in [1.82, 2.24) is 19.5 Å². The fourth-order valence-electron chi connectivity index (χ4n) is 4.08. The van der Waals surface area contributed by atoms with E-state index in [4.69, 9.17) is 5.10 Å². The SMILES string of the molecule is C=CC(=O)Nc1cccc(-c2ccc3cnc(Nc4ccc(N5CCN(C)CC5)cc4)nn23)c1. The second-order valence-electron chi connectivity index (χ2n) is 8.37. The number of carbonyl (C=O) groups excluding carboxylic acids is 1. The van der Waals surface area contributed by atoms with Gasteiger partial charge in [-0.2, -0.15) is 0 Å². The highest BCUT2D eigenvalue weighted by molar-refractivity contribution is 5.99. The average molecular weight is 454 g/mol. The maximum atomic E-state index is 11.7. The van der Waals surface area contributed by atoms with Gasteiger partial charge in [0.15, 0.2) is 0 Å². The van der Waals surface area contributed by atoms with Gasteiger partial charge in [0.1, 0.15) is 0 Å². The molecule has 2 N–H and O–H groups in total. The van der Waals surface area contributed by atoms with Crippen LogP contribution in [0.25, 0.3) is 16.8 Å². The number of anilines is 4. The lowest BCUT2D eigenvalue weighted by Gasteiger charge is -2.34. The fraction of sp³-hybridized carbons (Fsp3) is 0.192. The molecule has 172 valence electrons. The van der Waals surface area contributed by atoms with Gasteiger partial charge in [0.05, 0.1) is 17.4 Å². The molecule has 8 heteroatoms. The molecule has 1 fully saturated rings. The maximum Gasteiger partial charge on any atom is 0.247 e. The smallest absolute Gasteiger partial charge is 0.247 e. The van der Waals surface area contributed by atoms with Crippen LogP contribution in [0.5, 0.6) is 0 Å². The largest absolute Gasteiger partial charge is 0.369 e. The Morgan fingerprint density at radius 2 is 1.79 bits per heavy atom. The molecule has 1 amide bonds. The first-order chi connectivity index (χ1) is 16.6. The van der Waals surface area contributed by atoms with Gasteiger partial charge in [-0.15, -0.1) is 5.10 Å². The van der Waals surface area contributed by atoms with Crippen molar-refractivity contribution < 1.29 is 4.79 Å². The Bertz CT molecular complexity index is 1320. The summed E-state index contributed by atoms with van der Waals surface area (Å²) < 4.78 is 1.85. The Morgan fingerprint density at radius 1 is 1.00 bits per heavy atom. The summed E-state index contributed by atoms with van der Waals surface area (Å²) in [6, 6.07) is 20.0. The van der Waals surface area contributed by atoms with Crippen molar-refractivity contribution in [2.45, 2.75) is 0 Å². The number of aromatic nitrogens is 3. The number of hydrogen-bond acceptors (Lipinski definition) is 6. The lowest BCUT2D eigenvalue weighted by Crippen LogP contribution is -2.44. The van der Waals surface area contributed by atoms with Gasteiger partial charge in [-0.3, -0.25) is 4.79 Å². The summed E-state index contributed by atoms with van der Waals surface area (Å²) >= 11 is 0. The summed E-state index contributed by atoms with van der Waals surface area (Å²) in [6.07, 6.45) is 3.04. The summed E-state index contributed by atoms with van der Waals surface area (Å²) in [4.78, 5) is 20.9. The molecular formula is C26H27N7O. The highest BCUT2D eigenvalue weighted by atomic mass is 16.1. The first kappa shape index (κ1) is 21.7. The van der Waals surface area contributed by atoms with Crippen molar-refractivity contribution in [1.29, 1.82) is 0 Å². The van der Waals surface area contributed by atoms with Crippen LogP contribution in [0.2, 0.25) is 0 Å². The van der Waals surface area contributed by atoms with Gasteiger partial charge in [0.25, 0.3) is 0 Å². The van der Waals surface area contributed by atoms with Gasteiger partial charge in [-0.1, -0.05) is 18.7 Å². The molecule has 2 aromatic heterocycles. The third kappa shape index (κ3) is 4.62. The normalized spacial score (nSPS) is 14.2. The third-order valence-corrected chi connectivity index (χ3v) is 6.00. The molecular weight excluding hydrogens is 426 g/mol. The van der Waals surface area contributed by atoms with Crippen molar-refractivity contribution >= 4 is 34.4 Å². The molecule has 2 aromatic carbocycles. The van der Waals surface area contributed by atoms with Crippen LogP contribution in [0.4, 0.5) is 23.0 Å². The quantitative estimate of drug-likeness (QED) is 0.430. The van der Waals surface area contributed by atoms with E-state index >= 15 is 0 Å². The lowest BCUT2D eigenvalue weighted by molar-refractivity contribution is -0.111. The van der Waals surface area contributed by atoms with Crippen molar-refractivity contribution in [3.63, 3.8) is 0 Å². The van der Waals surface area contributed by atoms with Gasteiger partial charge in [-0.05, 0) is 61.7 Å². The predicted octanol–water partition coefficient (Wildman–Crippen LogP) is 4.02. The predicted molar refractivity (Wildman–Crippen MR) is 137 cm³/mol. The molecule has 8 nitrogen and oxygen atoms in total. The van der Waals surface area contributed by atoms with E-state index in [0.717, 1.165) is 48.6 Å². The van der Waals surface area contributed by atoms with Crippen molar-refractivity contribution in [3.05, 3.63) is 79.5 Å². The van der Waals surface area contributed by atoms with Crippen molar-refractivity contribution in [2.75, 3.05) is 48.8 Å². The number of fused-ring (bicyclic) bond motifs is 1. The lowest BCUT2D eigenvalue weighted by atomic mass is 10.1. The minimum atomic E-state index is -0.246. The van der Waals surface area contributed by atoms with E-state index in [-0.39, 0.29) is 5.91 Å². The topological polar surface area (TPSA) is 77.8 Å². The molecule has 34 heavy (non-hydrogen) atoms. The van der Waals surface area contributed by atoms with Crippen LogP contribution in [0, 0.1) is 0 Å². The number of rotatable bonds is 6. The van der Waals surface area contributed by atoms with Crippen LogP contribution >= 0.6 is 0 Å². The summed E-state index contributed by atoms with van der Waals surface area (Å²) in [7, 11) is 2.16. The van der Waals surface area contributed by atoms with Crippen LogP contribution in [0.3, 0.4) is 0 Å². The minimum Gasteiger partial charge on any atom is -0.369 e. The molecule has 0 unspecified atom stereocenters. The highest BCUT2D eigenvalue weighted by Crippen LogP contribution is 2.26. The molecule has 0 saturated carbocycles. The number of benzene rings is 2. The van der Waals surface area contributed by atoms with E-state index < -0.39 is 0 Å². The number of carbonyl (C=O) groups is 1. The van der Waals surface area contributed by atoms with Crippen LogP contribution in [-0.2, 0) is 4.79 Å². The van der Waals surface area contributed by atoms with E-state index in [1.807, 2.05) is 40.9 Å². The van der Waals surface area contributed by atoms with Gasteiger partial charge in [0.2, 0.25) is 11.9 Å². The van der Waals surface area contributed by atoms with Crippen molar-refractivity contribution in [3.8, 4) is 11.3 Å². The van der Waals surface area contributed by atoms with Crippen LogP contribution < -0.4 is 15.5 Å². The number of amides is 1. The van der Waals surface area contributed by atoms with E-state index in [0.29, 0.717) is 11.6 Å². The minimum absolute atomic E-state index is 0.246. The molecule has 1 aliphatic rings. The van der Waals surface area contributed by atoms with E-state index in [1.54, 1.807) is 6.20 Å². The third-order valence-electron chi connectivity index (χ3n) is 6.00. The standard InChI is InChI=1S/C26H27N7O/c1-3-25(34)28-21-6-4-5-19(17-21)24-12-11-23-18-27-26(30-33(23)24)29-20-7-9-22(10-8-20)32-15-13-31(2)14-16-32/h3-12,17-18H,1,13-16H2,2H3,(H,28,34)(H,29,30). The molecule has 0 spiro atoms. The van der Waals surface area contributed by atoms with E-state index in [9.17, 15) is 4.79 Å². The summed E-state index contributed by atoms with van der Waals surface area (Å²) in [5.41, 5.74) is 5.58. The number of piperazine rings is 1. The van der Waals surface area contributed by atoms with E-state index in [2.05, 4.69) is 63.3 Å². The average Bonchev–Trinajstić information content (AvgIpc) is 3.28. The van der Waals surface area contributed by atoms with Gasteiger partial charge < -0.3 is 20.4 Å². The second kappa shape index (κ2) is 9.36. The number of likely N-dealkylation sites (N-methyl/N-ethyl adjacent to an activating group) is 1. The number of hydrogen-bond donors (Lipinski definition) is 2. The van der Waals surface area contributed by atoms with Crippen molar-refractivity contribution in [2.24, 2.45) is 0 Å². The van der Waals surface area contributed by atoms with Crippen LogP contribution in [0.1, 0.15) is 0 Å². The number of nitrogens with zero attached hydrogens (tertiary/aromatic N) is 5. The monoisotopic (exact) mass is 453 g/mol. The van der Waals surface area contributed by atoms with Gasteiger partial charge in [-0.25, -0.2) is 9.50 Å². The van der Waals surface area contributed by atoms with Gasteiger partial charge >= 0.3 is 0 Å². The van der Waals surface area contributed by atoms with Crippen LogP contribution in [0.15, 0.2) is 79.5 Å². The Kier molecular flexibility index (Phi) is 5.97. The summed E-state index contributed by atoms with van der Waals surface area (Å²) in [5.74, 6) is 0.262. The Morgan fingerprint density at radius 3 is 2.56 bits per heavy atom. The molecule has 5 rings (SSSR count). The molecule has 1 aliphatic heterocycles. The first-order valence-electron chi connectivity index (χ1n) is 11.3. The molecule has 0 atom stereocenters. The molecule has 0 radical (unpaired) electrons. The van der Waals surface area contributed by atoms with E-state index in [1.165, 1.54) is 11.8 Å². The fourth-order valence-corrected chi connectivity index (χ4v) is 4.08. The molecule has 0 aliphatic carbocycles. The Balaban J connectivity index is 1.36. The second-order valence-corrected chi connectivity index (χ2v) is 8.37. The van der Waals surface area contributed by atoms with Crippen LogP contribution in [-0.4, -0.2) is 58.6 Å².